The van der Waals surface area contributed by atoms with Gasteiger partial charge in [-0.1, -0.05) is 27.7 Å². The molecule has 14 heteroatoms. The van der Waals surface area contributed by atoms with Crippen LogP contribution in [0, 0.1) is 11.8 Å². The average molecular weight is 501 g/mol. The van der Waals surface area contributed by atoms with Gasteiger partial charge < -0.3 is 44.0 Å². The molecule has 0 saturated heterocycles. The number of rotatable bonds is 16. The summed E-state index contributed by atoms with van der Waals surface area (Å²) < 4.78 is 0. The molecule has 0 aromatic rings. The highest BCUT2D eigenvalue weighted by Gasteiger charge is 2.32. The van der Waals surface area contributed by atoms with Crippen LogP contribution in [0.15, 0.2) is 4.99 Å². The molecule has 4 amide bonds. The zero-order chi connectivity index (χ0) is 27.3. The monoisotopic (exact) mass is 500 g/mol. The first-order valence-electron chi connectivity index (χ1n) is 11.4. The van der Waals surface area contributed by atoms with Gasteiger partial charge in [0.2, 0.25) is 23.6 Å². The van der Waals surface area contributed by atoms with E-state index < -0.39 is 66.1 Å². The van der Waals surface area contributed by atoms with Gasteiger partial charge in [0, 0.05) is 6.54 Å². The van der Waals surface area contributed by atoms with Crippen LogP contribution in [0.2, 0.25) is 0 Å². The van der Waals surface area contributed by atoms with Crippen LogP contribution in [0.25, 0.3) is 0 Å². The Bertz CT molecular complexity index is 782. The number of nitrogens with two attached hydrogens (primary N) is 4. The Morgan fingerprint density at radius 2 is 1.43 bits per heavy atom. The van der Waals surface area contributed by atoms with Crippen molar-refractivity contribution in [2.75, 3.05) is 6.54 Å². The molecule has 0 radical (unpaired) electrons. The minimum atomic E-state index is -1.36. The summed E-state index contributed by atoms with van der Waals surface area (Å²) in [6.07, 6.45) is 0.177. The fraction of sp³-hybridized carbons (Fsp3) is 0.714. The van der Waals surface area contributed by atoms with Crippen LogP contribution < -0.4 is 38.9 Å². The van der Waals surface area contributed by atoms with Crippen LogP contribution in [0.3, 0.4) is 0 Å². The Labute approximate surface area is 205 Å². The van der Waals surface area contributed by atoms with Crippen molar-refractivity contribution in [1.82, 2.24) is 16.0 Å². The summed E-state index contributed by atoms with van der Waals surface area (Å²) in [5.74, 6) is -4.80. The Balaban J connectivity index is 5.39. The number of aliphatic carboxylic acids is 1. The van der Waals surface area contributed by atoms with Crippen LogP contribution in [0.5, 0.6) is 0 Å². The van der Waals surface area contributed by atoms with Gasteiger partial charge in [-0.05, 0) is 31.1 Å². The number of carbonyl (C=O) groups excluding carboxylic acids is 4. The van der Waals surface area contributed by atoms with E-state index in [0.29, 0.717) is 6.42 Å². The zero-order valence-corrected chi connectivity index (χ0v) is 20.7. The third-order valence-electron chi connectivity index (χ3n) is 4.91. The fourth-order valence-corrected chi connectivity index (χ4v) is 3.12. The van der Waals surface area contributed by atoms with Gasteiger partial charge in [-0.3, -0.25) is 24.2 Å². The maximum absolute atomic E-state index is 12.9. The van der Waals surface area contributed by atoms with Gasteiger partial charge in [0.25, 0.3) is 0 Å². The van der Waals surface area contributed by atoms with Gasteiger partial charge in [-0.15, -0.1) is 0 Å². The number of carbonyl (C=O) groups is 5. The summed E-state index contributed by atoms with van der Waals surface area (Å²) in [5, 5.41) is 16.7. The van der Waals surface area contributed by atoms with E-state index >= 15 is 0 Å². The highest BCUT2D eigenvalue weighted by molar-refractivity contribution is 5.96. The van der Waals surface area contributed by atoms with Gasteiger partial charge in [0.15, 0.2) is 5.96 Å². The molecule has 0 aliphatic heterocycles. The average Bonchev–Trinajstić information content (AvgIpc) is 2.71. The second-order valence-corrected chi connectivity index (χ2v) is 9.05. The van der Waals surface area contributed by atoms with Crippen molar-refractivity contribution in [3.05, 3.63) is 0 Å². The lowest BCUT2D eigenvalue weighted by atomic mass is 10.0. The predicted octanol–water partition coefficient (Wildman–Crippen LogP) is -2.52. The van der Waals surface area contributed by atoms with Crippen molar-refractivity contribution in [3.63, 3.8) is 0 Å². The molecular formula is C21H40N8O6. The second-order valence-electron chi connectivity index (χ2n) is 9.05. The number of aliphatic imine (C=N–C) groups is 1. The third-order valence-corrected chi connectivity index (χ3v) is 4.91. The number of hydrogen-bond acceptors (Lipinski definition) is 7. The molecule has 0 aliphatic rings. The summed E-state index contributed by atoms with van der Waals surface area (Å²) in [6.45, 7) is 7.20. The van der Waals surface area contributed by atoms with Crippen molar-refractivity contribution in [3.8, 4) is 0 Å². The molecule has 0 rings (SSSR count). The summed E-state index contributed by atoms with van der Waals surface area (Å²) in [7, 11) is 0. The van der Waals surface area contributed by atoms with Crippen LogP contribution in [0.4, 0.5) is 0 Å². The Morgan fingerprint density at radius 1 is 0.857 bits per heavy atom. The van der Waals surface area contributed by atoms with Crippen molar-refractivity contribution < 1.29 is 29.1 Å². The van der Waals surface area contributed by atoms with Gasteiger partial charge in [-0.25, -0.2) is 4.79 Å². The standard InChI is InChI=1S/C21H40N8O6/c1-10(2)8-12(22)17(31)28-14(9-15(23)30)18(32)29-16(11(3)4)19(33)27-13(20(34)35)6-5-7-26-21(24)25/h10-14,16H,5-9,22H2,1-4H3,(H2,23,30)(H,27,33)(H,28,31)(H,29,32)(H,34,35)(H4,24,25,26). The largest absolute Gasteiger partial charge is 0.480 e. The second kappa shape index (κ2) is 15.5. The molecule has 200 valence electrons. The number of nitrogens with one attached hydrogen (secondary N) is 3. The summed E-state index contributed by atoms with van der Waals surface area (Å²) in [4.78, 5) is 64.9. The van der Waals surface area contributed by atoms with E-state index in [-0.39, 0.29) is 31.3 Å². The molecule has 0 heterocycles. The molecule has 12 N–H and O–H groups in total. The maximum Gasteiger partial charge on any atom is 0.326 e. The highest BCUT2D eigenvalue weighted by atomic mass is 16.4. The SMILES string of the molecule is CC(C)CC(N)C(=O)NC(CC(N)=O)C(=O)NC(C(=O)NC(CCCN=C(N)N)C(=O)O)C(C)C. The molecule has 35 heavy (non-hydrogen) atoms. The summed E-state index contributed by atoms with van der Waals surface area (Å²) in [6, 6.07) is -4.66. The zero-order valence-electron chi connectivity index (χ0n) is 20.7. The van der Waals surface area contributed by atoms with Gasteiger partial charge in [-0.2, -0.15) is 0 Å². The van der Waals surface area contributed by atoms with Gasteiger partial charge in [0.05, 0.1) is 12.5 Å². The number of carboxylic acids is 1. The quantitative estimate of drug-likeness (QED) is 0.0631. The fourth-order valence-electron chi connectivity index (χ4n) is 3.12. The minimum absolute atomic E-state index is 0.0463. The minimum Gasteiger partial charge on any atom is -0.480 e. The van der Waals surface area contributed by atoms with Crippen LogP contribution in [-0.4, -0.2) is 71.4 Å². The molecule has 0 spiro atoms. The number of carboxylic acid groups (broad SMARTS) is 1. The van der Waals surface area contributed by atoms with Crippen molar-refractivity contribution >= 4 is 35.6 Å². The van der Waals surface area contributed by atoms with E-state index in [4.69, 9.17) is 22.9 Å². The van der Waals surface area contributed by atoms with Crippen LogP contribution >= 0.6 is 0 Å². The van der Waals surface area contributed by atoms with Gasteiger partial charge >= 0.3 is 5.97 Å². The number of hydrogen-bond donors (Lipinski definition) is 8. The number of amides is 4. The molecule has 0 aromatic carbocycles. The molecule has 0 bridgehead atoms. The predicted molar refractivity (Wildman–Crippen MR) is 129 cm³/mol. The topological polar surface area (TPSA) is 258 Å². The molecule has 14 nitrogen and oxygen atoms in total. The molecule has 0 saturated carbocycles. The molecule has 0 aromatic heterocycles. The Hall–Kier alpha value is -3.42. The van der Waals surface area contributed by atoms with Crippen molar-refractivity contribution in [1.29, 1.82) is 0 Å². The van der Waals surface area contributed by atoms with E-state index in [1.165, 1.54) is 0 Å². The first kappa shape index (κ1) is 31.6. The van der Waals surface area contributed by atoms with Crippen molar-refractivity contribution in [2.45, 2.75) is 77.5 Å². The van der Waals surface area contributed by atoms with E-state index in [2.05, 4.69) is 20.9 Å². The van der Waals surface area contributed by atoms with Gasteiger partial charge in [0.1, 0.15) is 18.1 Å². The highest BCUT2D eigenvalue weighted by Crippen LogP contribution is 2.07. The van der Waals surface area contributed by atoms with E-state index in [9.17, 15) is 29.1 Å². The molecule has 4 atom stereocenters. The molecule has 0 aliphatic carbocycles. The van der Waals surface area contributed by atoms with E-state index in [1.807, 2.05) is 13.8 Å². The van der Waals surface area contributed by atoms with Crippen LogP contribution in [0.1, 0.15) is 53.4 Å². The Morgan fingerprint density at radius 3 is 1.89 bits per heavy atom. The van der Waals surface area contributed by atoms with Crippen LogP contribution in [-0.2, 0) is 24.0 Å². The van der Waals surface area contributed by atoms with Crippen molar-refractivity contribution in [2.24, 2.45) is 39.8 Å². The first-order valence-corrected chi connectivity index (χ1v) is 11.4. The van der Waals surface area contributed by atoms with E-state index in [0.717, 1.165) is 0 Å². The first-order chi connectivity index (χ1) is 16.1. The number of guanidine groups is 1. The molecular weight excluding hydrogens is 460 g/mol. The molecule has 0 fully saturated rings. The number of nitrogens with zero attached hydrogens (tertiary/aromatic N) is 1. The number of primary amides is 1. The molecule has 4 unspecified atom stereocenters. The normalized spacial score (nSPS) is 14.4. The Kier molecular flexibility index (Phi) is 14.0. The summed E-state index contributed by atoms with van der Waals surface area (Å²) in [5.41, 5.74) is 21.5. The lowest BCUT2D eigenvalue weighted by Crippen LogP contribution is -2.59. The summed E-state index contributed by atoms with van der Waals surface area (Å²) >= 11 is 0. The lowest BCUT2D eigenvalue weighted by Gasteiger charge is -2.27. The maximum atomic E-state index is 12.9. The van der Waals surface area contributed by atoms with E-state index in [1.54, 1.807) is 13.8 Å². The third kappa shape index (κ3) is 13.2. The smallest absolute Gasteiger partial charge is 0.326 e. The lowest BCUT2D eigenvalue weighted by molar-refractivity contribution is -0.143.